The SMILES string of the molecule is Cc1ccn2c(-c3cccnc3)nc(Br)c2c1. The first-order valence-corrected chi connectivity index (χ1v) is 6.09. The molecule has 0 atom stereocenters. The lowest BCUT2D eigenvalue weighted by molar-refractivity contribution is 1.14. The van der Waals surface area contributed by atoms with Crippen molar-refractivity contribution in [2.45, 2.75) is 6.92 Å². The summed E-state index contributed by atoms with van der Waals surface area (Å²) in [6, 6.07) is 8.10. The van der Waals surface area contributed by atoms with Crippen LogP contribution in [-0.2, 0) is 0 Å². The van der Waals surface area contributed by atoms with Crippen molar-refractivity contribution in [1.82, 2.24) is 14.4 Å². The van der Waals surface area contributed by atoms with Crippen molar-refractivity contribution >= 4 is 21.4 Å². The van der Waals surface area contributed by atoms with Crippen LogP contribution in [0.15, 0.2) is 47.5 Å². The van der Waals surface area contributed by atoms with E-state index in [9.17, 15) is 0 Å². The number of nitrogens with zero attached hydrogens (tertiary/aromatic N) is 3. The zero-order valence-corrected chi connectivity index (χ0v) is 10.8. The molecule has 0 radical (unpaired) electrons. The Kier molecular flexibility index (Phi) is 2.44. The third-order valence-electron chi connectivity index (χ3n) is 2.67. The lowest BCUT2D eigenvalue weighted by Gasteiger charge is -2.01. The number of aromatic nitrogens is 3. The van der Waals surface area contributed by atoms with Gasteiger partial charge in [-0.05, 0) is 52.7 Å². The fourth-order valence-corrected chi connectivity index (χ4v) is 2.33. The van der Waals surface area contributed by atoms with Crippen LogP contribution in [0.1, 0.15) is 5.56 Å². The lowest BCUT2D eigenvalue weighted by atomic mass is 10.2. The molecule has 0 aliphatic rings. The minimum absolute atomic E-state index is 0.861. The summed E-state index contributed by atoms with van der Waals surface area (Å²) in [5.74, 6) is 0.903. The maximum Gasteiger partial charge on any atom is 0.147 e. The average molecular weight is 288 g/mol. The van der Waals surface area contributed by atoms with E-state index in [2.05, 4.69) is 49.4 Å². The minimum Gasteiger partial charge on any atom is -0.299 e. The fourth-order valence-electron chi connectivity index (χ4n) is 1.85. The van der Waals surface area contributed by atoms with Gasteiger partial charge in [-0.1, -0.05) is 0 Å². The molecule has 4 heteroatoms. The summed E-state index contributed by atoms with van der Waals surface area (Å²) in [7, 11) is 0. The molecular weight excluding hydrogens is 278 g/mol. The molecule has 0 aliphatic heterocycles. The maximum absolute atomic E-state index is 4.54. The van der Waals surface area contributed by atoms with Crippen molar-refractivity contribution in [3.63, 3.8) is 0 Å². The molecule has 0 amide bonds. The predicted octanol–water partition coefficient (Wildman–Crippen LogP) is 3.47. The Bertz CT molecular complexity index is 674. The Morgan fingerprint density at radius 3 is 2.94 bits per heavy atom. The van der Waals surface area contributed by atoms with Gasteiger partial charge in [-0.2, -0.15) is 0 Å². The van der Waals surface area contributed by atoms with Gasteiger partial charge in [0.05, 0.1) is 5.52 Å². The van der Waals surface area contributed by atoms with Crippen LogP contribution in [0.3, 0.4) is 0 Å². The van der Waals surface area contributed by atoms with E-state index in [1.807, 2.05) is 24.5 Å². The normalized spacial score (nSPS) is 10.9. The van der Waals surface area contributed by atoms with Crippen LogP contribution in [0.25, 0.3) is 16.9 Å². The van der Waals surface area contributed by atoms with Gasteiger partial charge in [0.2, 0.25) is 0 Å². The quantitative estimate of drug-likeness (QED) is 0.686. The molecule has 3 heterocycles. The second-order valence-electron chi connectivity index (χ2n) is 3.93. The van der Waals surface area contributed by atoms with E-state index in [0.29, 0.717) is 0 Å². The molecule has 3 aromatic heterocycles. The third-order valence-corrected chi connectivity index (χ3v) is 3.26. The maximum atomic E-state index is 4.54. The summed E-state index contributed by atoms with van der Waals surface area (Å²) in [5, 5.41) is 0. The van der Waals surface area contributed by atoms with Crippen molar-refractivity contribution in [3.8, 4) is 11.4 Å². The van der Waals surface area contributed by atoms with Gasteiger partial charge in [-0.25, -0.2) is 4.98 Å². The Labute approximate surface area is 107 Å². The zero-order valence-electron chi connectivity index (χ0n) is 9.26. The summed E-state index contributed by atoms with van der Waals surface area (Å²) in [6.45, 7) is 2.07. The number of hydrogen-bond donors (Lipinski definition) is 0. The van der Waals surface area contributed by atoms with Gasteiger partial charge < -0.3 is 0 Å². The third kappa shape index (κ3) is 1.74. The smallest absolute Gasteiger partial charge is 0.147 e. The largest absolute Gasteiger partial charge is 0.299 e. The first kappa shape index (κ1) is 10.5. The molecular formula is C13H10BrN3. The molecule has 17 heavy (non-hydrogen) atoms. The van der Waals surface area contributed by atoms with E-state index in [-0.39, 0.29) is 0 Å². The Morgan fingerprint density at radius 2 is 2.18 bits per heavy atom. The summed E-state index contributed by atoms with van der Waals surface area (Å²) < 4.78 is 2.92. The van der Waals surface area contributed by atoms with Crippen LogP contribution in [0, 0.1) is 6.92 Å². The van der Waals surface area contributed by atoms with Gasteiger partial charge in [-0.3, -0.25) is 9.38 Å². The molecule has 0 N–H and O–H groups in total. The minimum atomic E-state index is 0.861. The van der Waals surface area contributed by atoms with E-state index < -0.39 is 0 Å². The highest BCUT2D eigenvalue weighted by molar-refractivity contribution is 9.10. The lowest BCUT2D eigenvalue weighted by Crippen LogP contribution is -1.89. The van der Waals surface area contributed by atoms with Gasteiger partial charge in [0.1, 0.15) is 10.4 Å². The molecule has 0 fully saturated rings. The zero-order chi connectivity index (χ0) is 11.8. The van der Waals surface area contributed by atoms with E-state index in [4.69, 9.17) is 0 Å². The van der Waals surface area contributed by atoms with Gasteiger partial charge >= 0.3 is 0 Å². The van der Waals surface area contributed by atoms with Crippen LogP contribution < -0.4 is 0 Å². The van der Waals surface area contributed by atoms with Crippen molar-refractivity contribution in [2.24, 2.45) is 0 Å². The van der Waals surface area contributed by atoms with Crippen LogP contribution >= 0.6 is 15.9 Å². The van der Waals surface area contributed by atoms with Crippen LogP contribution in [-0.4, -0.2) is 14.4 Å². The first-order chi connectivity index (χ1) is 8.25. The standard InChI is InChI=1S/C13H10BrN3/c1-9-4-6-17-11(7-9)12(14)16-13(17)10-3-2-5-15-8-10/h2-8H,1H3. The predicted molar refractivity (Wildman–Crippen MR) is 70.9 cm³/mol. The first-order valence-electron chi connectivity index (χ1n) is 5.30. The summed E-state index contributed by atoms with van der Waals surface area (Å²) in [6.07, 6.45) is 5.62. The molecule has 3 aromatic rings. The molecule has 0 saturated heterocycles. The van der Waals surface area contributed by atoms with Gasteiger partial charge in [-0.15, -0.1) is 0 Å². The molecule has 84 valence electrons. The monoisotopic (exact) mass is 287 g/mol. The van der Waals surface area contributed by atoms with E-state index >= 15 is 0 Å². The average Bonchev–Trinajstić information content (AvgIpc) is 2.68. The molecule has 0 spiro atoms. The van der Waals surface area contributed by atoms with E-state index in [0.717, 1.165) is 21.5 Å². The van der Waals surface area contributed by atoms with E-state index in [1.165, 1.54) is 5.56 Å². The number of imidazole rings is 1. The van der Waals surface area contributed by atoms with Gasteiger partial charge in [0, 0.05) is 24.2 Å². The number of hydrogen-bond acceptors (Lipinski definition) is 2. The Morgan fingerprint density at radius 1 is 1.29 bits per heavy atom. The molecule has 0 aliphatic carbocycles. The molecule has 3 nitrogen and oxygen atoms in total. The van der Waals surface area contributed by atoms with Gasteiger partial charge in [0.25, 0.3) is 0 Å². The number of fused-ring (bicyclic) bond motifs is 1. The Hall–Kier alpha value is -1.68. The summed E-state index contributed by atoms with van der Waals surface area (Å²) in [4.78, 5) is 8.67. The molecule has 0 aromatic carbocycles. The molecule has 0 bridgehead atoms. The fraction of sp³-hybridized carbons (Fsp3) is 0.0769. The van der Waals surface area contributed by atoms with Gasteiger partial charge in [0.15, 0.2) is 0 Å². The van der Waals surface area contributed by atoms with Crippen LogP contribution in [0.5, 0.6) is 0 Å². The van der Waals surface area contributed by atoms with Crippen molar-refractivity contribution in [3.05, 3.63) is 53.0 Å². The van der Waals surface area contributed by atoms with Crippen LogP contribution in [0.4, 0.5) is 0 Å². The second-order valence-corrected chi connectivity index (χ2v) is 4.68. The number of halogens is 1. The van der Waals surface area contributed by atoms with E-state index in [1.54, 1.807) is 6.20 Å². The Balaban J connectivity index is 2.32. The number of rotatable bonds is 1. The number of pyridine rings is 2. The second kappa shape index (κ2) is 3.96. The van der Waals surface area contributed by atoms with Crippen LogP contribution in [0.2, 0.25) is 0 Å². The van der Waals surface area contributed by atoms with Crippen molar-refractivity contribution in [2.75, 3.05) is 0 Å². The summed E-state index contributed by atoms with van der Waals surface area (Å²) in [5.41, 5.74) is 3.30. The number of aryl methyl sites for hydroxylation is 1. The highest BCUT2D eigenvalue weighted by atomic mass is 79.9. The highest BCUT2D eigenvalue weighted by Crippen LogP contribution is 2.25. The van der Waals surface area contributed by atoms with Crippen molar-refractivity contribution < 1.29 is 0 Å². The molecule has 0 saturated carbocycles. The molecule has 3 rings (SSSR count). The summed E-state index contributed by atoms with van der Waals surface area (Å²) >= 11 is 3.50. The topological polar surface area (TPSA) is 30.2 Å². The highest BCUT2D eigenvalue weighted by Gasteiger charge is 2.10. The van der Waals surface area contributed by atoms with Crippen molar-refractivity contribution in [1.29, 1.82) is 0 Å². The molecule has 0 unspecified atom stereocenters.